The Bertz CT molecular complexity index is 615. The Balaban J connectivity index is 1.98. The van der Waals surface area contributed by atoms with Crippen LogP contribution < -0.4 is 10.1 Å². The van der Waals surface area contributed by atoms with E-state index in [0.717, 1.165) is 5.56 Å². The average molecular weight is 261 g/mol. The monoisotopic (exact) mass is 260 g/mol. The molecule has 0 radical (unpaired) electrons. The lowest BCUT2D eigenvalue weighted by Gasteiger charge is -2.25. The Morgan fingerprint density at radius 1 is 1.28 bits per heavy atom. The summed E-state index contributed by atoms with van der Waals surface area (Å²) in [6.07, 6.45) is 0.905. The fourth-order valence-electron chi connectivity index (χ4n) is 1.83. The minimum atomic E-state index is -0.694. The summed E-state index contributed by atoms with van der Waals surface area (Å²) in [6, 6.07) is 10.6. The third-order valence-electron chi connectivity index (χ3n) is 2.65. The predicted octanol–water partition coefficient (Wildman–Crippen LogP) is 2.81. The molecule has 1 aliphatic rings. The molecule has 1 atom stereocenters. The van der Waals surface area contributed by atoms with Gasteiger partial charge in [-0.25, -0.2) is 4.98 Å². The van der Waals surface area contributed by atoms with Gasteiger partial charge in [-0.1, -0.05) is 23.7 Å². The van der Waals surface area contributed by atoms with Crippen LogP contribution in [0.2, 0.25) is 5.02 Å². The molecular formula is C13H9ClN2O2. The molecule has 0 saturated heterocycles. The molecule has 90 valence electrons. The van der Waals surface area contributed by atoms with Gasteiger partial charge < -0.3 is 10.1 Å². The first-order valence-corrected chi connectivity index (χ1v) is 5.80. The molecule has 0 saturated carbocycles. The van der Waals surface area contributed by atoms with Gasteiger partial charge in [-0.05, 0) is 24.3 Å². The van der Waals surface area contributed by atoms with E-state index in [1.807, 2.05) is 0 Å². The van der Waals surface area contributed by atoms with Crippen molar-refractivity contribution in [2.75, 3.05) is 5.32 Å². The van der Waals surface area contributed by atoms with Crippen molar-refractivity contribution in [3.63, 3.8) is 0 Å². The number of amides is 1. The number of benzene rings is 1. The number of fused-ring (bicyclic) bond motifs is 1. The minimum absolute atomic E-state index is 0.247. The van der Waals surface area contributed by atoms with Gasteiger partial charge in [0.1, 0.15) is 0 Å². The van der Waals surface area contributed by atoms with Crippen molar-refractivity contribution in [3.05, 3.63) is 53.2 Å². The topological polar surface area (TPSA) is 51.2 Å². The van der Waals surface area contributed by atoms with E-state index in [0.29, 0.717) is 16.6 Å². The quantitative estimate of drug-likeness (QED) is 0.858. The number of hydrogen-bond donors (Lipinski definition) is 1. The van der Waals surface area contributed by atoms with Crippen molar-refractivity contribution < 1.29 is 9.53 Å². The number of carbonyl (C=O) groups excluding carboxylic acids is 1. The highest BCUT2D eigenvalue weighted by Crippen LogP contribution is 2.33. The number of aromatic nitrogens is 1. The zero-order valence-corrected chi connectivity index (χ0v) is 10.0. The molecule has 0 aliphatic carbocycles. The first-order chi connectivity index (χ1) is 8.74. The highest BCUT2D eigenvalue weighted by Gasteiger charge is 2.29. The molecule has 4 nitrogen and oxygen atoms in total. The molecule has 1 N–H and O–H groups in total. The van der Waals surface area contributed by atoms with E-state index in [-0.39, 0.29) is 5.91 Å². The van der Waals surface area contributed by atoms with Gasteiger partial charge in [0.05, 0.1) is 0 Å². The van der Waals surface area contributed by atoms with Crippen LogP contribution in [0.3, 0.4) is 0 Å². The van der Waals surface area contributed by atoms with Crippen molar-refractivity contribution in [2.45, 2.75) is 6.10 Å². The van der Waals surface area contributed by atoms with Crippen LogP contribution >= 0.6 is 11.6 Å². The largest absolute Gasteiger partial charge is 0.472 e. The number of nitrogens with zero attached hydrogens (tertiary/aromatic N) is 1. The maximum atomic E-state index is 11.9. The summed E-state index contributed by atoms with van der Waals surface area (Å²) in [5.74, 6) is 0.756. The van der Waals surface area contributed by atoms with Crippen molar-refractivity contribution in [1.82, 2.24) is 4.98 Å². The lowest BCUT2D eigenvalue weighted by Crippen LogP contribution is -2.30. The Kier molecular flexibility index (Phi) is 2.64. The van der Waals surface area contributed by atoms with Crippen LogP contribution in [-0.2, 0) is 4.79 Å². The summed E-state index contributed by atoms with van der Waals surface area (Å²) < 4.78 is 5.65. The van der Waals surface area contributed by atoms with Gasteiger partial charge in [0, 0.05) is 16.8 Å². The molecule has 0 fully saturated rings. The van der Waals surface area contributed by atoms with Crippen LogP contribution in [0.15, 0.2) is 42.6 Å². The van der Waals surface area contributed by atoms with Crippen molar-refractivity contribution in [1.29, 1.82) is 0 Å². The van der Waals surface area contributed by atoms with E-state index >= 15 is 0 Å². The summed E-state index contributed by atoms with van der Waals surface area (Å²) in [7, 11) is 0. The molecule has 1 aromatic heterocycles. The van der Waals surface area contributed by atoms with Crippen LogP contribution in [0, 0.1) is 0 Å². The second-order valence-electron chi connectivity index (χ2n) is 3.89. The zero-order valence-electron chi connectivity index (χ0n) is 9.26. The number of anilines is 1. The van der Waals surface area contributed by atoms with Crippen molar-refractivity contribution in [3.8, 4) is 5.75 Å². The Morgan fingerprint density at radius 3 is 3.00 bits per heavy atom. The third kappa shape index (κ3) is 1.91. The van der Waals surface area contributed by atoms with Gasteiger partial charge in [0.2, 0.25) is 6.10 Å². The van der Waals surface area contributed by atoms with E-state index in [4.69, 9.17) is 16.3 Å². The molecule has 1 unspecified atom stereocenters. The number of pyridine rings is 1. The second kappa shape index (κ2) is 4.31. The van der Waals surface area contributed by atoms with Gasteiger partial charge >= 0.3 is 0 Å². The van der Waals surface area contributed by atoms with Crippen LogP contribution in [0.25, 0.3) is 0 Å². The maximum absolute atomic E-state index is 11.9. The van der Waals surface area contributed by atoms with E-state index in [1.165, 1.54) is 0 Å². The fraction of sp³-hybridized carbons (Fsp3) is 0.0769. The van der Waals surface area contributed by atoms with Crippen LogP contribution in [0.4, 0.5) is 5.82 Å². The summed E-state index contributed by atoms with van der Waals surface area (Å²) in [5.41, 5.74) is 0.717. The summed E-state index contributed by atoms with van der Waals surface area (Å²) in [4.78, 5) is 16.0. The smallest absolute Gasteiger partial charge is 0.271 e. The third-order valence-corrected chi connectivity index (χ3v) is 2.88. The Morgan fingerprint density at radius 2 is 2.17 bits per heavy atom. The van der Waals surface area contributed by atoms with E-state index < -0.39 is 6.10 Å². The standard InChI is InChI=1S/C13H9ClN2O2/c14-9-4-1-3-8(7-9)11-13(17)16-12-10(18-11)5-2-6-15-12/h1-7,11H,(H,15,16,17). The summed E-state index contributed by atoms with van der Waals surface area (Å²) >= 11 is 5.91. The maximum Gasteiger partial charge on any atom is 0.271 e. The normalized spacial score (nSPS) is 17.6. The Hall–Kier alpha value is -2.07. The highest BCUT2D eigenvalue weighted by molar-refractivity contribution is 6.30. The van der Waals surface area contributed by atoms with Crippen molar-refractivity contribution >= 4 is 23.3 Å². The molecule has 1 amide bonds. The second-order valence-corrected chi connectivity index (χ2v) is 4.33. The number of hydrogen-bond acceptors (Lipinski definition) is 3. The van der Waals surface area contributed by atoms with Crippen molar-refractivity contribution in [2.24, 2.45) is 0 Å². The lowest BCUT2D eigenvalue weighted by molar-refractivity contribution is -0.123. The number of carbonyl (C=O) groups is 1. The molecule has 0 spiro atoms. The van der Waals surface area contributed by atoms with Crippen LogP contribution in [0.1, 0.15) is 11.7 Å². The highest BCUT2D eigenvalue weighted by atomic mass is 35.5. The molecular weight excluding hydrogens is 252 g/mol. The molecule has 1 aliphatic heterocycles. The molecule has 5 heteroatoms. The van der Waals surface area contributed by atoms with E-state index in [1.54, 1.807) is 42.6 Å². The van der Waals surface area contributed by atoms with Gasteiger partial charge in [0.25, 0.3) is 5.91 Å². The van der Waals surface area contributed by atoms with E-state index in [2.05, 4.69) is 10.3 Å². The lowest BCUT2D eigenvalue weighted by atomic mass is 10.1. The molecule has 0 bridgehead atoms. The van der Waals surface area contributed by atoms with Gasteiger partial charge in [0.15, 0.2) is 11.6 Å². The molecule has 18 heavy (non-hydrogen) atoms. The fourth-order valence-corrected chi connectivity index (χ4v) is 2.03. The predicted molar refractivity (Wildman–Crippen MR) is 67.7 cm³/mol. The number of nitrogens with one attached hydrogen (secondary N) is 1. The SMILES string of the molecule is O=C1Nc2ncccc2OC1c1cccc(Cl)c1. The van der Waals surface area contributed by atoms with Crippen LogP contribution in [-0.4, -0.2) is 10.9 Å². The first-order valence-electron chi connectivity index (χ1n) is 5.42. The summed E-state index contributed by atoms with van der Waals surface area (Å²) in [5, 5.41) is 3.28. The summed E-state index contributed by atoms with van der Waals surface area (Å²) in [6.45, 7) is 0. The minimum Gasteiger partial charge on any atom is -0.472 e. The van der Waals surface area contributed by atoms with Gasteiger partial charge in [-0.3, -0.25) is 4.79 Å². The molecule has 3 rings (SSSR count). The Labute approximate surface area is 109 Å². The zero-order chi connectivity index (χ0) is 12.5. The van der Waals surface area contributed by atoms with Gasteiger partial charge in [-0.2, -0.15) is 0 Å². The van der Waals surface area contributed by atoms with Gasteiger partial charge in [-0.15, -0.1) is 0 Å². The first kappa shape index (κ1) is 11.0. The molecule has 2 heterocycles. The number of halogens is 1. The molecule has 1 aromatic carbocycles. The number of rotatable bonds is 1. The van der Waals surface area contributed by atoms with E-state index in [9.17, 15) is 4.79 Å². The molecule has 2 aromatic rings. The average Bonchev–Trinajstić information content (AvgIpc) is 2.38. The number of ether oxygens (including phenoxy) is 1. The van der Waals surface area contributed by atoms with Crippen LogP contribution in [0.5, 0.6) is 5.75 Å².